The van der Waals surface area contributed by atoms with Gasteiger partial charge >= 0.3 is 0 Å². The summed E-state index contributed by atoms with van der Waals surface area (Å²) in [5.41, 5.74) is 1.19. The summed E-state index contributed by atoms with van der Waals surface area (Å²) < 4.78 is 11.7. The first-order chi connectivity index (χ1) is 12.7. The quantitative estimate of drug-likeness (QED) is 0.701. The van der Waals surface area contributed by atoms with Crippen molar-refractivity contribution in [1.82, 2.24) is 15.1 Å². The minimum Gasteiger partial charge on any atom is -0.497 e. The lowest BCUT2D eigenvalue weighted by atomic mass is 10.1. The van der Waals surface area contributed by atoms with Crippen LogP contribution in [0.5, 0.6) is 5.75 Å². The van der Waals surface area contributed by atoms with Crippen LogP contribution in [0.3, 0.4) is 0 Å². The maximum absolute atomic E-state index is 12.1. The zero-order chi connectivity index (χ0) is 18.4. The molecule has 0 saturated carbocycles. The molecule has 7 heteroatoms. The molecule has 134 valence electrons. The molecule has 0 aliphatic rings. The largest absolute Gasteiger partial charge is 0.497 e. The molecule has 26 heavy (non-hydrogen) atoms. The highest BCUT2D eigenvalue weighted by molar-refractivity contribution is 5.78. The van der Waals surface area contributed by atoms with E-state index in [0.717, 1.165) is 5.56 Å². The third-order valence-corrected chi connectivity index (χ3v) is 3.78. The Morgan fingerprint density at radius 1 is 1.23 bits per heavy atom. The summed E-state index contributed by atoms with van der Waals surface area (Å²) in [7, 11) is 1.58. The van der Waals surface area contributed by atoms with E-state index in [2.05, 4.69) is 10.4 Å². The predicted molar refractivity (Wildman–Crippen MR) is 95.9 cm³/mol. The Hall–Kier alpha value is -3.35. The Morgan fingerprint density at radius 2 is 2.12 bits per heavy atom. The number of benzene rings is 1. The summed E-state index contributed by atoms with van der Waals surface area (Å²) in [6, 6.07) is 13.9. The molecule has 3 rings (SSSR count). The number of ether oxygens (including phenoxy) is 1. The number of nitrogens with zero attached hydrogens (tertiary/aromatic N) is 2. The average molecular weight is 353 g/mol. The number of methoxy groups -OCH3 is 1. The number of carbonyl (C=O) groups is 1. The smallest absolute Gasteiger partial charge is 0.266 e. The van der Waals surface area contributed by atoms with Crippen molar-refractivity contribution in [2.75, 3.05) is 13.7 Å². The molecule has 0 bridgehead atoms. The van der Waals surface area contributed by atoms with Crippen LogP contribution in [0.2, 0.25) is 0 Å². The Balaban J connectivity index is 1.56. The van der Waals surface area contributed by atoms with Crippen LogP contribution in [-0.2, 0) is 17.8 Å². The minimum atomic E-state index is -0.234. The molecule has 0 saturated heterocycles. The van der Waals surface area contributed by atoms with Crippen LogP contribution >= 0.6 is 0 Å². The highest BCUT2D eigenvalue weighted by Gasteiger charge is 2.07. The van der Waals surface area contributed by atoms with Crippen molar-refractivity contribution in [3.63, 3.8) is 0 Å². The third kappa shape index (κ3) is 4.38. The van der Waals surface area contributed by atoms with E-state index in [1.54, 1.807) is 31.6 Å². The first kappa shape index (κ1) is 17.5. The molecule has 0 unspecified atom stereocenters. The molecule has 0 radical (unpaired) electrons. The van der Waals surface area contributed by atoms with Crippen LogP contribution in [0.15, 0.2) is 64.0 Å². The van der Waals surface area contributed by atoms with Gasteiger partial charge in [-0.1, -0.05) is 12.1 Å². The molecule has 1 amide bonds. The summed E-state index contributed by atoms with van der Waals surface area (Å²) in [4.78, 5) is 24.0. The molecule has 3 aromatic rings. The number of amides is 1. The fourth-order valence-electron chi connectivity index (χ4n) is 2.50. The lowest BCUT2D eigenvalue weighted by Gasteiger charge is -2.08. The van der Waals surface area contributed by atoms with Crippen molar-refractivity contribution in [1.29, 1.82) is 0 Å². The van der Waals surface area contributed by atoms with Crippen LogP contribution in [0.4, 0.5) is 0 Å². The van der Waals surface area contributed by atoms with E-state index < -0.39 is 0 Å². The number of nitrogens with one attached hydrogen (secondary N) is 1. The van der Waals surface area contributed by atoms with Gasteiger partial charge in [0.1, 0.15) is 11.4 Å². The molecule has 7 nitrogen and oxygen atoms in total. The van der Waals surface area contributed by atoms with E-state index >= 15 is 0 Å². The van der Waals surface area contributed by atoms with E-state index in [9.17, 15) is 9.59 Å². The Labute approximate surface area is 150 Å². The van der Waals surface area contributed by atoms with Gasteiger partial charge in [-0.2, -0.15) is 5.10 Å². The van der Waals surface area contributed by atoms with Crippen LogP contribution in [0.25, 0.3) is 11.5 Å². The average Bonchev–Trinajstić information content (AvgIpc) is 3.18. The molecule has 0 atom stereocenters. The molecule has 0 aliphatic carbocycles. The topological polar surface area (TPSA) is 86.4 Å². The zero-order valence-corrected chi connectivity index (χ0v) is 14.3. The second-order valence-electron chi connectivity index (χ2n) is 5.64. The Morgan fingerprint density at radius 3 is 2.88 bits per heavy atom. The first-order valence-corrected chi connectivity index (χ1v) is 8.17. The minimum absolute atomic E-state index is 0.131. The number of hydrogen-bond donors (Lipinski definition) is 1. The highest BCUT2D eigenvalue weighted by atomic mass is 16.5. The molecule has 1 N–H and O–H groups in total. The van der Waals surface area contributed by atoms with E-state index in [4.69, 9.17) is 9.15 Å². The van der Waals surface area contributed by atoms with Gasteiger partial charge in [-0.25, -0.2) is 4.68 Å². The lowest BCUT2D eigenvalue weighted by molar-refractivity contribution is -0.120. The summed E-state index contributed by atoms with van der Waals surface area (Å²) in [5.74, 6) is 1.16. The van der Waals surface area contributed by atoms with Crippen molar-refractivity contribution < 1.29 is 13.9 Å². The number of hydrogen-bond acceptors (Lipinski definition) is 5. The van der Waals surface area contributed by atoms with Crippen molar-refractivity contribution in [2.24, 2.45) is 0 Å². The van der Waals surface area contributed by atoms with Gasteiger partial charge in [0, 0.05) is 12.6 Å². The second-order valence-corrected chi connectivity index (χ2v) is 5.64. The molecular formula is C19H19N3O4. The van der Waals surface area contributed by atoms with Crippen molar-refractivity contribution in [3.05, 3.63) is 70.7 Å². The standard InChI is InChI=1S/C19H19N3O4/c1-25-15-5-2-4-14(12-15)13-18(23)20-9-10-22-19(24)8-7-16(21-22)17-6-3-11-26-17/h2-8,11-12H,9-10,13H2,1H3,(H,20,23). The van der Waals surface area contributed by atoms with E-state index in [1.165, 1.54) is 10.7 Å². The SMILES string of the molecule is COc1cccc(CC(=O)NCCn2nc(-c3ccco3)ccc2=O)c1. The van der Waals surface area contributed by atoms with Gasteiger partial charge in [0.15, 0.2) is 5.76 Å². The monoisotopic (exact) mass is 353 g/mol. The predicted octanol–water partition coefficient (Wildman–Crippen LogP) is 1.87. The maximum Gasteiger partial charge on any atom is 0.266 e. The van der Waals surface area contributed by atoms with Gasteiger partial charge in [0.05, 0.1) is 26.3 Å². The lowest BCUT2D eigenvalue weighted by Crippen LogP contribution is -2.32. The van der Waals surface area contributed by atoms with Crippen LogP contribution < -0.4 is 15.6 Å². The first-order valence-electron chi connectivity index (χ1n) is 8.17. The molecule has 0 fully saturated rings. The number of aromatic nitrogens is 2. The number of furan rings is 1. The fraction of sp³-hybridized carbons (Fsp3) is 0.211. The molecular weight excluding hydrogens is 334 g/mol. The number of carbonyl (C=O) groups excluding carboxylic acids is 1. The third-order valence-electron chi connectivity index (χ3n) is 3.78. The van der Waals surface area contributed by atoms with Gasteiger partial charge in [-0.05, 0) is 35.9 Å². The Bertz CT molecular complexity index is 932. The second kappa shape index (κ2) is 8.15. The van der Waals surface area contributed by atoms with Crippen LogP contribution in [-0.4, -0.2) is 29.3 Å². The fourth-order valence-corrected chi connectivity index (χ4v) is 2.50. The van der Waals surface area contributed by atoms with Gasteiger partial charge < -0.3 is 14.5 Å². The van der Waals surface area contributed by atoms with Crippen molar-refractivity contribution in [3.8, 4) is 17.2 Å². The molecule has 0 spiro atoms. The summed E-state index contributed by atoms with van der Waals surface area (Å²) in [6.07, 6.45) is 1.79. The highest BCUT2D eigenvalue weighted by Crippen LogP contribution is 2.15. The van der Waals surface area contributed by atoms with E-state index in [0.29, 0.717) is 23.7 Å². The molecule has 1 aromatic carbocycles. The molecule has 2 heterocycles. The molecule has 2 aromatic heterocycles. The van der Waals surface area contributed by atoms with Gasteiger partial charge in [-0.15, -0.1) is 0 Å². The van der Waals surface area contributed by atoms with Gasteiger partial charge in [-0.3, -0.25) is 9.59 Å². The van der Waals surface area contributed by atoms with Crippen LogP contribution in [0, 0.1) is 0 Å². The normalized spacial score (nSPS) is 10.5. The van der Waals surface area contributed by atoms with Crippen molar-refractivity contribution >= 4 is 5.91 Å². The van der Waals surface area contributed by atoms with E-state index in [-0.39, 0.29) is 24.4 Å². The summed E-state index contributed by atoms with van der Waals surface area (Å²) in [6.45, 7) is 0.578. The Kier molecular flexibility index (Phi) is 5.48. The van der Waals surface area contributed by atoms with Gasteiger partial charge in [0.2, 0.25) is 5.91 Å². The summed E-state index contributed by atoms with van der Waals surface area (Å²) >= 11 is 0. The summed E-state index contributed by atoms with van der Waals surface area (Å²) in [5, 5.41) is 7.06. The zero-order valence-electron chi connectivity index (χ0n) is 14.3. The van der Waals surface area contributed by atoms with Crippen LogP contribution in [0.1, 0.15) is 5.56 Å². The van der Waals surface area contributed by atoms with Crippen molar-refractivity contribution in [2.45, 2.75) is 13.0 Å². The number of rotatable bonds is 7. The van der Waals surface area contributed by atoms with Gasteiger partial charge in [0.25, 0.3) is 5.56 Å². The molecule has 0 aliphatic heterocycles. The maximum atomic E-state index is 12.1. The van der Waals surface area contributed by atoms with E-state index in [1.807, 2.05) is 24.3 Å².